The highest BCUT2D eigenvalue weighted by molar-refractivity contribution is 5.72. The van der Waals surface area contributed by atoms with Gasteiger partial charge >= 0.3 is 5.97 Å². The zero-order valence-corrected chi connectivity index (χ0v) is 11.7. The van der Waals surface area contributed by atoms with E-state index in [1.54, 1.807) is 12.1 Å². The third-order valence-electron chi connectivity index (χ3n) is 2.74. The van der Waals surface area contributed by atoms with Gasteiger partial charge in [-0.15, -0.1) is 0 Å². The normalized spacial score (nSPS) is 10.1. The number of benzene rings is 1. The highest BCUT2D eigenvalue weighted by Gasteiger charge is 2.03. The molecule has 0 aromatic heterocycles. The van der Waals surface area contributed by atoms with Gasteiger partial charge in [-0.25, -0.2) is 4.39 Å². The molecule has 1 rings (SSSR count). The lowest BCUT2D eigenvalue weighted by molar-refractivity contribution is -0.145. The van der Waals surface area contributed by atoms with Gasteiger partial charge in [0.1, 0.15) is 12.4 Å². The molecule has 4 nitrogen and oxygen atoms in total. The lowest BCUT2D eigenvalue weighted by Crippen LogP contribution is -2.20. The summed E-state index contributed by atoms with van der Waals surface area (Å²) in [6, 6.07) is 5.86. The number of hydrogen-bond donors (Lipinski definition) is 1. The van der Waals surface area contributed by atoms with Gasteiger partial charge in [0.2, 0.25) is 5.91 Å². The maximum Gasteiger partial charge on any atom is 0.306 e. The Morgan fingerprint density at radius 1 is 1.15 bits per heavy atom. The fourth-order valence-corrected chi connectivity index (χ4v) is 1.65. The van der Waals surface area contributed by atoms with E-state index in [-0.39, 0.29) is 24.3 Å². The third-order valence-corrected chi connectivity index (χ3v) is 2.74. The fraction of sp³-hybridized carbons (Fsp3) is 0.467. The molecule has 0 fully saturated rings. The van der Waals surface area contributed by atoms with Gasteiger partial charge in [0.15, 0.2) is 0 Å². The minimum Gasteiger partial charge on any atom is -0.461 e. The second kappa shape index (κ2) is 9.07. The number of carbonyl (C=O) groups excluding carboxylic acids is 2. The molecule has 0 aliphatic carbocycles. The summed E-state index contributed by atoms with van der Waals surface area (Å²) in [5.74, 6) is -0.600. The molecule has 20 heavy (non-hydrogen) atoms. The molecule has 0 radical (unpaired) electrons. The van der Waals surface area contributed by atoms with Crippen LogP contribution in [0.4, 0.5) is 4.39 Å². The Bertz CT molecular complexity index is 431. The summed E-state index contributed by atoms with van der Waals surface area (Å²) in [6.07, 6.45) is 2.82. The Morgan fingerprint density at radius 2 is 1.85 bits per heavy atom. The number of ether oxygens (including phenoxy) is 1. The molecule has 0 aliphatic heterocycles. The van der Waals surface area contributed by atoms with Crippen molar-refractivity contribution >= 4 is 11.9 Å². The van der Waals surface area contributed by atoms with E-state index in [0.29, 0.717) is 13.0 Å². The Kier molecular flexibility index (Phi) is 7.32. The van der Waals surface area contributed by atoms with E-state index in [1.165, 1.54) is 19.1 Å². The van der Waals surface area contributed by atoms with Gasteiger partial charge in [-0.3, -0.25) is 9.59 Å². The van der Waals surface area contributed by atoms with Crippen molar-refractivity contribution in [1.29, 1.82) is 0 Å². The smallest absolute Gasteiger partial charge is 0.306 e. The van der Waals surface area contributed by atoms with Crippen LogP contribution in [0.2, 0.25) is 0 Å². The van der Waals surface area contributed by atoms with Crippen LogP contribution in [-0.4, -0.2) is 18.4 Å². The number of unbranched alkanes of at least 4 members (excludes halogenated alkanes) is 2. The summed E-state index contributed by atoms with van der Waals surface area (Å²) in [7, 11) is 0. The summed E-state index contributed by atoms with van der Waals surface area (Å²) < 4.78 is 17.8. The quantitative estimate of drug-likeness (QED) is 0.588. The van der Waals surface area contributed by atoms with Gasteiger partial charge in [0.25, 0.3) is 0 Å². The molecule has 1 N–H and O–H groups in total. The standard InChI is InChI=1S/C15H20FNO3/c1-12(18)17-10-4-2-3-5-15(19)20-11-13-6-8-14(16)9-7-13/h6-9H,2-5,10-11H2,1H3,(H,17,18). The molecule has 1 aromatic rings. The predicted octanol–water partition coefficient (Wildman–Crippen LogP) is 2.57. The van der Waals surface area contributed by atoms with E-state index in [9.17, 15) is 14.0 Å². The molecule has 0 unspecified atom stereocenters. The van der Waals surface area contributed by atoms with Crippen LogP contribution in [0.25, 0.3) is 0 Å². The summed E-state index contributed by atoms with van der Waals surface area (Å²) >= 11 is 0. The molecule has 1 aromatic carbocycles. The molecular formula is C15H20FNO3. The molecule has 0 spiro atoms. The van der Waals surface area contributed by atoms with Crippen molar-refractivity contribution < 1.29 is 18.7 Å². The molecule has 0 bridgehead atoms. The van der Waals surface area contributed by atoms with Crippen LogP contribution in [0, 0.1) is 5.82 Å². The topological polar surface area (TPSA) is 55.4 Å². The number of amides is 1. The summed E-state index contributed by atoms with van der Waals surface area (Å²) in [4.78, 5) is 22.1. The van der Waals surface area contributed by atoms with Crippen molar-refractivity contribution in [2.24, 2.45) is 0 Å². The molecule has 5 heteroatoms. The summed E-state index contributed by atoms with van der Waals surface area (Å²) in [5.41, 5.74) is 0.769. The number of esters is 1. The first-order chi connectivity index (χ1) is 9.58. The molecule has 0 saturated heterocycles. The molecular weight excluding hydrogens is 261 g/mol. The van der Waals surface area contributed by atoms with Crippen molar-refractivity contribution in [1.82, 2.24) is 5.32 Å². The monoisotopic (exact) mass is 281 g/mol. The zero-order chi connectivity index (χ0) is 14.8. The minimum atomic E-state index is -0.306. The second-order valence-electron chi connectivity index (χ2n) is 4.58. The average molecular weight is 281 g/mol. The van der Waals surface area contributed by atoms with Gasteiger partial charge in [-0.1, -0.05) is 18.6 Å². The van der Waals surface area contributed by atoms with Gasteiger partial charge < -0.3 is 10.1 Å². The second-order valence-corrected chi connectivity index (χ2v) is 4.58. The zero-order valence-electron chi connectivity index (χ0n) is 11.7. The maximum atomic E-state index is 12.7. The van der Waals surface area contributed by atoms with Crippen molar-refractivity contribution in [3.8, 4) is 0 Å². The number of halogens is 1. The van der Waals surface area contributed by atoms with Crippen LogP contribution < -0.4 is 5.32 Å². The van der Waals surface area contributed by atoms with E-state index < -0.39 is 0 Å². The van der Waals surface area contributed by atoms with Crippen molar-refractivity contribution in [2.45, 2.75) is 39.2 Å². The SMILES string of the molecule is CC(=O)NCCCCCC(=O)OCc1ccc(F)cc1. The average Bonchev–Trinajstić information content (AvgIpc) is 2.41. The van der Waals surface area contributed by atoms with Crippen molar-refractivity contribution in [3.63, 3.8) is 0 Å². The van der Waals surface area contributed by atoms with Crippen molar-refractivity contribution in [2.75, 3.05) is 6.54 Å². The Labute approximate surface area is 118 Å². The van der Waals surface area contributed by atoms with Gasteiger partial charge in [0, 0.05) is 19.9 Å². The number of carbonyl (C=O) groups is 2. The first kappa shape index (κ1) is 16.1. The molecule has 0 aliphatic rings. The number of rotatable bonds is 8. The van der Waals surface area contributed by atoms with Gasteiger partial charge in [0.05, 0.1) is 0 Å². The summed E-state index contributed by atoms with van der Waals surface area (Å²) in [5, 5.41) is 2.70. The van der Waals surface area contributed by atoms with Crippen LogP contribution in [0.15, 0.2) is 24.3 Å². The van der Waals surface area contributed by atoms with E-state index in [0.717, 1.165) is 24.8 Å². The lowest BCUT2D eigenvalue weighted by atomic mass is 10.2. The maximum absolute atomic E-state index is 12.7. The van der Waals surface area contributed by atoms with Crippen molar-refractivity contribution in [3.05, 3.63) is 35.6 Å². The van der Waals surface area contributed by atoms with E-state index in [1.807, 2.05) is 0 Å². The van der Waals surface area contributed by atoms with Crippen LogP contribution >= 0.6 is 0 Å². The molecule has 0 heterocycles. The highest BCUT2D eigenvalue weighted by atomic mass is 19.1. The Hall–Kier alpha value is -1.91. The van der Waals surface area contributed by atoms with Crippen LogP contribution in [0.3, 0.4) is 0 Å². The predicted molar refractivity (Wildman–Crippen MR) is 73.3 cm³/mol. The Balaban J connectivity index is 2.06. The van der Waals surface area contributed by atoms with Crippen LogP contribution in [-0.2, 0) is 20.9 Å². The molecule has 110 valence electrons. The van der Waals surface area contributed by atoms with E-state index in [4.69, 9.17) is 4.74 Å². The largest absolute Gasteiger partial charge is 0.461 e. The van der Waals surface area contributed by atoms with E-state index in [2.05, 4.69) is 5.32 Å². The molecule has 0 saturated carbocycles. The fourth-order valence-electron chi connectivity index (χ4n) is 1.65. The van der Waals surface area contributed by atoms with Gasteiger partial charge in [-0.05, 0) is 30.5 Å². The van der Waals surface area contributed by atoms with E-state index >= 15 is 0 Å². The number of hydrogen-bond acceptors (Lipinski definition) is 3. The van der Waals surface area contributed by atoms with Crippen LogP contribution in [0.1, 0.15) is 38.2 Å². The molecule has 1 amide bonds. The Morgan fingerprint density at radius 3 is 2.50 bits per heavy atom. The number of nitrogens with one attached hydrogen (secondary N) is 1. The lowest BCUT2D eigenvalue weighted by Gasteiger charge is -2.05. The van der Waals surface area contributed by atoms with Gasteiger partial charge in [-0.2, -0.15) is 0 Å². The molecule has 0 atom stereocenters. The minimum absolute atomic E-state index is 0.0382. The van der Waals surface area contributed by atoms with Crippen LogP contribution in [0.5, 0.6) is 0 Å². The summed E-state index contributed by atoms with van der Waals surface area (Å²) in [6.45, 7) is 2.29. The third kappa shape index (κ3) is 7.51. The first-order valence-electron chi connectivity index (χ1n) is 6.72. The highest BCUT2D eigenvalue weighted by Crippen LogP contribution is 2.06. The first-order valence-corrected chi connectivity index (χ1v) is 6.72.